The van der Waals surface area contributed by atoms with Crippen LogP contribution >= 0.6 is 0 Å². The predicted molar refractivity (Wildman–Crippen MR) is 99.8 cm³/mol. The van der Waals surface area contributed by atoms with Crippen LogP contribution in [0.25, 0.3) is 0 Å². The second-order valence-electron chi connectivity index (χ2n) is 6.50. The number of carbonyl (C=O) groups is 1. The summed E-state index contributed by atoms with van der Waals surface area (Å²) in [5.41, 5.74) is 6.00. The van der Waals surface area contributed by atoms with E-state index < -0.39 is 12.0 Å². The van der Waals surface area contributed by atoms with Gasteiger partial charge in [0.2, 0.25) is 0 Å². The smallest absolute Gasteiger partial charge is 0.320 e. The van der Waals surface area contributed by atoms with Gasteiger partial charge in [0.1, 0.15) is 6.04 Å². The number of hydrogen-bond acceptors (Lipinski definition) is 5. The van der Waals surface area contributed by atoms with Gasteiger partial charge < -0.3 is 25.6 Å². The third kappa shape index (κ3) is 9.76. The molecule has 1 unspecified atom stereocenters. The first-order valence-corrected chi connectivity index (χ1v) is 9.11. The summed E-state index contributed by atoms with van der Waals surface area (Å²) in [7, 11) is 2.12. The summed E-state index contributed by atoms with van der Waals surface area (Å²) in [6.45, 7) is 4.58. The lowest BCUT2D eigenvalue weighted by atomic mass is 10.1. The molecule has 2 rings (SSSR count). The first kappa shape index (κ1) is 21.0. The summed E-state index contributed by atoms with van der Waals surface area (Å²) in [6, 6.07) is -0.851. The van der Waals surface area contributed by atoms with Gasteiger partial charge in [-0.2, -0.15) is 0 Å². The molecule has 7 nitrogen and oxygen atoms in total. The lowest BCUT2D eigenvalue weighted by Gasteiger charge is -2.17. The van der Waals surface area contributed by atoms with Crippen molar-refractivity contribution in [3.8, 4) is 0 Å². The molecule has 0 radical (unpaired) electrons. The molecule has 2 heterocycles. The Morgan fingerprint density at radius 3 is 2.60 bits per heavy atom. The van der Waals surface area contributed by atoms with E-state index in [4.69, 9.17) is 10.8 Å². The molecule has 0 spiro atoms. The minimum atomic E-state index is -1.00. The Labute approximate surface area is 150 Å². The Morgan fingerprint density at radius 2 is 2.04 bits per heavy atom. The van der Waals surface area contributed by atoms with Gasteiger partial charge in [-0.3, -0.25) is 4.79 Å². The zero-order valence-corrected chi connectivity index (χ0v) is 15.5. The molecule has 0 amide bonds. The van der Waals surface area contributed by atoms with Crippen LogP contribution in [-0.4, -0.2) is 57.1 Å². The van der Waals surface area contributed by atoms with Crippen molar-refractivity contribution in [2.45, 2.75) is 57.9 Å². The van der Waals surface area contributed by atoms with Crippen LogP contribution in [-0.2, 0) is 11.2 Å². The molecular formula is C18H33N5O2. The second kappa shape index (κ2) is 12.4. The fourth-order valence-electron chi connectivity index (χ4n) is 2.55. The van der Waals surface area contributed by atoms with Crippen LogP contribution in [0.3, 0.4) is 0 Å². The van der Waals surface area contributed by atoms with Crippen LogP contribution in [0.5, 0.6) is 0 Å². The third-order valence-electron chi connectivity index (χ3n) is 4.05. The normalized spacial score (nSPS) is 14.4. The molecule has 7 heteroatoms. The van der Waals surface area contributed by atoms with Crippen molar-refractivity contribution in [2.24, 2.45) is 5.73 Å². The molecule has 0 fully saturated rings. The van der Waals surface area contributed by atoms with Gasteiger partial charge in [-0.15, -0.1) is 0 Å². The second-order valence-corrected chi connectivity index (χ2v) is 6.50. The average molecular weight is 351 g/mol. The summed E-state index contributed by atoms with van der Waals surface area (Å²) in [6.07, 6.45) is 16.0. The lowest BCUT2D eigenvalue weighted by molar-refractivity contribution is -0.138. The van der Waals surface area contributed by atoms with E-state index in [2.05, 4.69) is 46.1 Å². The maximum Gasteiger partial charge on any atom is 0.320 e. The van der Waals surface area contributed by atoms with Crippen molar-refractivity contribution < 1.29 is 9.90 Å². The van der Waals surface area contributed by atoms with Crippen molar-refractivity contribution >= 4 is 5.97 Å². The Hall–Kier alpha value is -2.02. The van der Waals surface area contributed by atoms with Gasteiger partial charge in [0, 0.05) is 44.3 Å². The maximum absolute atomic E-state index is 10.3. The van der Waals surface area contributed by atoms with Crippen LogP contribution in [0.4, 0.5) is 0 Å². The monoisotopic (exact) mass is 351 g/mol. The van der Waals surface area contributed by atoms with E-state index in [0.29, 0.717) is 0 Å². The highest BCUT2D eigenvalue weighted by molar-refractivity contribution is 5.73. The van der Waals surface area contributed by atoms with Crippen LogP contribution in [0.15, 0.2) is 24.9 Å². The molecule has 1 aromatic heterocycles. The molecule has 0 bridgehead atoms. The molecule has 1 aliphatic rings. The topological polar surface area (TPSA) is 98.5 Å². The lowest BCUT2D eigenvalue weighted by Crippen LogP contribution is -2.32. The molecule has 0 aliphatic carbocycles. The van der Waals surface area contributed by atoms with Gasteiger partial charge in [-0.05, 0) is 6.42 Å². The predicted octanol–water partition coefficient (Wildman–Crippen LogP) is 2.39. The first-order valence-electron chi connectivity index (χ1n) is 9.11. The van der Waals surface area contributed by atoms with Gasteiger partial charge in [0.05, 0.1) is 13.0 Å². The van der Waals surface area contributed by atoms with Gasteiger partial charge in [-0.1, -0.05) is 39.0 Å². The van der Waals surface area contributed by atoms with E-state index in [-0.39, 0.29) is 6.42 Å². The van der Waals surface area contributed by atoms with Crippen LogP contribution in [0.2, 0.25) is 0 Å². The van der Waals surface area contributed by atoms with Gasteiger partial charge in [-0.25, -0.2) is 4.98 Å². The Kier molecular flexibility index (Phi) is 10.4. The Bertz CT molecular complexity index is 490. The molecule has 0 aromatic carbocycles. The number of H-pyrrole nitrogens is 1. The number of aromatic amines is 1. The Balaban J connectivity index is 0.000000257. The zero-order chi connectivity index (χ0) is 18.5. The summed E-state index contributed by atoms with van der Waals surface area (Å²) < 4.78 is 0. The number of aromatic nitrogens is 2. The largest absolute Gasteiger partial charge is 0.480 e. The van der Waals surface area contributed by atoms with Gasteiger partial charge in [0.15, 0.2) is 0 Å². The summed E-state index contributed by atoms with van der Waals surface area (Å²) >= 11 is 0. The number of carboxylic acids is 1. The van der Waals surface area contributed by atoms with E-state index in [1.807, 2.05) is 0 Å². The number of nitrogens with one attached hydrogen (secondary N) is 1. The van der Waals surface area contributed by atoms with Crippen LogP contribution in [0.1, 0.15) is 51.1 Å². The van der Waals surface area contributed by atoms with E-state index in [0.717, 1.165) is 12.4 Å². The van der Waals surface area contributed by atoms with Crippen molar-refractivity contribution in [1.29, 1.82) is 0 Å². The van der Waals surface area contributed by atoms with E-state index in [1.165, 1.54) is 51.4 Å². The quantitative estimate of drug-likeness (QED) is 0.560. The molecule has 142 valence electrons. The molecule has 0 saturated heterocycles. The van der Waals surface area contributed by atoms with E-state index >= 15 is 0 Å². The number of hydrogen-bond donors (Lipinski definition) is 3. The maximum atomic E-state index is 10.3. The minimum Gasteiger partial charge on any atom is -0.480 e. The highest BCUT2D eigenvalue weighted by Gasteiger charge is 2.12. The van der Waals surface area contributed by atoms with E-state index in [1.54, 1.807) is 6.20 Å². The number of nitrogens with zero attached hydrogens (tertiary/aromatic N) is 3. The molecule has 1 aromatic rings. The molecule has 4 N–H and O–H groups in total. The number of aliphatic carboxylic acids is 1. The summed E-state index contributed by atoms with van der Waals surface area (Å²) in [5.74, 6) is -1.00. The van der Waals surface area contributed by atoms with Gasteiger partial charge in [0.25, 0.3) is 0 Å². The fourth-order valence-corrected chi connectivity index (χ4v) is 2.55. The zero-order valence-electron chi connectivity index (χ0n) is 15.5. The number of nitrogens with two attached hydrogens (primary N) is 1. The standard InChI is InChI=1S/C12H24N2.C6H9N3O2/c1-3-4-5-6-7-8-9-14-11-10-13(2)12-14;7-5(6(10)11)1-4-2-8-3-9-4/h10-11H,3-9,12H2,1-2H3;2-3,5H,1,7H2,(H,8,9)(H,10,11). The van der Waals surface area contributed by atoms with Crippen LogP contribution < -0.4 is 5.73 Å². The SMILES string of the molecule is CCCCCCCCN1C=CN(C)C1.NC(Cc1cnc[nH]1)C(=O)O. The number of carboxylic acid groups (broad SMARTS) is 1. The third-order valence-corrected chi connectivity index (χ3v) is 4.05. The van der Waals surface area contributed by atoms with Gasteiger partial charge >= 0.3 is 5.97 Å². The first-order chi connectivity index (χ1) is 12.0. The highest BCUT2D eigenvalue weighted by Crippen LogP contribution is 2.08. The number of unbranched alkanes of at least 4 members (excludes halogenated alkanes) is 5. The number of rotatable bonds is 10. The molecule has 1 aliphatic heterocycles. The summed E-state index contributed by atoms with van der Waals surface area (Å²) in [4.78, 5) is 21.4. The van der Waals surface area contributed by atoms with Crippen molar-refractivity contribution in [1.82, 2.24) is 19.8 Å². The number of imidazole rings is 1. The average Bonchev–Trinajstić information content (AvgIpc) is 3.23. The minimum absolute atomic E-state index is 0.287. The fraction of sp³-hybridized carbons (Fsp3) is 0.667. The molecule has 0 saturated carbocycles. The Morgan fingerprint density at radius 1 is 1.32 bits per heavy atom. The van der Waals surface area contributed by atoms with Crippen LogP contribution in [0, 0.1) is 0 Å². The van der Waals surface area contributed by atoms with E-state index in [9.17, 15) is 4.79 Å². The van der Waals surface area contributed by atoms with Crippen molar-refractivity contribution in [3.05, 3.63) is 30.6 Å². The molecular weight excluding hydrogens is 318 g/mol. The molecule has 1 atom stereocenters. The van der Waals surface area contributed by atoms with Crippen molar-refractivity contribution in [3.63, 3.8) is 0 Å². The van der Waals surface area contributed by atoms with Crippen molar-refractivity contribution in [2.75, 3.05) is 20.3 Å². The molecule has 25 heavy (non-hydrogen) atoms. The summed E-state index contributed by atoms with van der Waals surface area (Å²) in [5, 5.41) is 8.42. The highest BCUT2D eigenvalue weighted by atomic mass is 16.4.